The molecule has 0 spiro atoms. The predicted octanol–water partition coefficient (Wildman–Crippen LogP) is 3.04. The van der Waals surface area contributed by atoms with Gasteiger partial charge >= 0.3 is 0 Å². The van der Waals surface area contributed by atoms with E-state index in [-0.39, 0.29) is 0 Å². The number of thiophene rings is 1. The van der Waals surface area contributed by atoms with Gasteiger partial charge in [0.05, 0.1) is 0 Å². The Morgan fingerprint density at radius 3 is 2.95 bits per heavy atom. The fraction of sp³-hybridized carbons (Fsp3) is 0.412. The summed E-state index contributed by atoms with van der Waals surface area (Å²) in [7, 11) is 0. The Hall–Kier alpha value is -1.88. The van der Waals surface area contributed by atoms with Gasteiger partial charge in [0, 0.05) is 37.9 Å². The molecule has 0 radical (unpaired) electrons. The maximum Gasteiger partial charge on any atom is 0.191 e. The first-order chi connectivity index (χ1) is 10.8. The first-order valence-corrected chi connectivity index (χ1v) is 8.67. The Balaban J connectivity index is 1.82. The maximum absolute atomic E-state index is 4.68. The van der Waals surface area contributed by atoms with Crippen molar-refractivity contribution in [2.24, 2.45) is 4.99 Å². The molecule has 0 fully saturated rings. The van der Waals surface area contributed by atoms with Crippen LogP contribution in [0.4, 0.5) is 0 Å². The summed E-state index contributed by atoms with van der Waals surface area (Å²) in [6.07, 6.45) is 4.65. The van der Waals surface area contributed by atoms with E-state index >= 15 is 0 Å². The summed E-state index contributed by atoms with van der Waals surface area (Å²) in [5.74, 6) is 1.33. The molecule has 5 heteroatoms. The Bertz CT molecular complexity index is 551. The summed E-state index contributed by atoms with van der Waals surface area (Å²) in [4.78, 5) is 8.82. The molecule has 2 heterocycles. The number of nitrogens with zero attached hydrogens (tertiary/aromatic N) is 2. The van der Waals surface area contributed by atoms with Crippen molar-refractivity contribution in [2.45, 2.75) is 26.2 Å². The Morgan fingerprint density at radius 1 is 1.36 bits per heavy atom. The van der Waals surface area contributed by atoms with Crippen LogP contribution in [0.25, 0.3) is 0 Å². The van der Waals surface area contributed by atoms with Gasteiger partial charge in [0.2, 0.25) is 0 Å². The molecule has 0 saturated heterocycles. The van der Waals surface area contributed by atoms with Gasteiger partial charge in [-0.25, -0.2) is 0 Å². The molecule has 0 bridgehead atoms. The van der Waals surface area contributed by atoms with Crippen LogP contribution in [0.5, 0.6) is 0 Å². The van der Waals surface area contributed by atoms with Crippen LogP contribution in [0.3, 0.4) is 0 Å². The van der Waals surface area contributed by atoms with Crippen molar-refractivity contribution < 1.29 is 0 Å². The zero-order valence-electron chi connectivity index (χ0n) is 13.2. The lowest BCUT2D eigenvalue weighted by molar-refractivity contribution is 0.747. The first kappa shape index (κ1) is 16.5. The topological polar surface area (TPSA) is 49.3 Å². The molecular weight excluding hydrogens is 292 g/mol. The summed E-state index contributed by atoms with van der Waals surface area (Å²) in [5, 5.41) is 11.0. The molecule has 118 valence electrons. The van der Waals surface area contributed by atoms with E-state index in [1.807, 2.05) is 12.3 Å². The minimum Gasteiger partial charge on any atom is -0.357 e. The molecule has 4 nitrogen and oxygen atoms in total. The summed E-state index contributed by atoms with van der Waals surface area (Å²) in [6.45, 7) is 6.81. The number of hydrogen-bond acceptors (Lipinski definition) is 3. The van der Waals surface area contributed by atoms with Crippen molar-refractivity contribution in [1.29, 1.82) is 0 Å². The molecule has 1 atom stereocenters. The molecule has 0 aromatic carbocycles. The fourth-order valence-electron chi connectivity index (χ4n) is 2.10. The summed E-state index contributed by atoms with van der Waals surface area (Å²) in [6, 6.07) is 6.24. The van der Waals surface area contributed by atoms with E-state index in [9.17, 15) is 0 Å². The molecule has 0 amide bonds. The second-order valence-corrected chi connectivity index (χ2v) is 6.00. The van der Waals surface area contributed by atoms with Gasteiger partial charge in [-0.3, -0.25) is 9.98 Å². The number of rotatable bonds is 7. The van der Waals surface area contributed by atoms with E-state index in [1.54, 1.807) is 17.5 Å². The molecule has 0 aliphatic rings. The number of guanidine groups is 1. The minimum absolute atomic E-state index is 0.444. The smallest absolute Gasteiger partial charge is 0.191 e. The van der Waals surface area contributed by atoms with Gasteiger partial charge < -0.3 is 10.6 Å². The Kier molecular flexibility index (Phi) is 6.90. The van der Waals surface area contributed by atoms with Crippen LogP contribution in [-0.2, 0) is 6.42 Å². The highest BCUT2D eigenvalue weighted by Gasteiger charge is 2.05. The third-order valence-corrected chi connectivity index (χ3v) is 4.11. The summed E-state index contributed by atoms with van der Waals surface area (Å²) >= 11 is 1.74. The van der Waals surface area contributed by atoms with Crippen LogP contribution in [0.1, 0.15) is 30.9 Å². The molecule has 2 aromatic heterocycles. The van der Waals surface area contributed by atoms with Gasteiger partial charge in [-0.2, -0.15) is 11.3 Å². The SMILES string of the molecule is CCNC(=NCC(C)c1ccsc1)NCCc1cccnc1. The molecule has 22 heavy (non-hydrogen) atoms. The third kappa shape index (κ3) is 5.48. The largest absolute Gasteiger partial charge is 0.357 e. The third-order valence-electron chi connectivity index (χ3n) is 3.41. The van der Waals surface area contributed by atoms with E-state index in [4.69, 9.17) is 0 Å². The van der Waals surface area contributed by atoms with Crippen molar-refractivity contribution in [3.05, 3.63) is 52.5 Å². The van der Waals surface area contributed by atoms with Crippen molar-refractivity contribution in [1.82, 2.24) is 15.6 Å². The molecule has 2 rings (SSSR count). The number of aliphatic imine (C=N–C) groups is 1. The monoisotopic (exact) mass is 316 g/mol. The Morgan fingerprint density at radius 2 is 2.27 bits per heavy atom. The Labute approximate surface area is 136 Å². The predicted molar refractivity (Wildman–Crippen MR) is 94.7 cm³/mol. The maximum atomic E-state index is 4.68. The minimum atomic E-state index is 0.444. The highest BCUT2D eigenvalue weighted by atomic mass is 32.1. The summed E-state index contributed by atoms with van der Waals surface area (Å²) < 4.78 is 0. The molecule has 2 aromatic rings. The van der Waals surface area contributed by atoms with Gasteiger partial charge in [-0.15, -0.1) is 0 Å². The average molecular weight is 316 g/mol. The lowest BCUT2D eigenvalue weighted by Gasteiger charge is -2.13. The summed E-state index contributed by atoms with van der Waals surface area (Å²) in [5.41, 5.74) is 2.59. The molecule has 0 aliphatic carbocycles. The van der Waals surface area contributed by atoms with E-state index in [2.05, 4.69) is 57.4 Å². The number of nitrogens with one attached hydrogen (secondary N) is 2. The van der Waals surface area contributed by atoms with Gasteiger partial charge in [-0.05, 0) is 47.4 Å². The second kappa shape index (κ2) is 9.20. The van der Waals surface area contributed by atoms with Gasteiger partial charge in [0.1, 0.15) is 0 Å². The molecule has 0 aliphatic heterocycles. The number of pyridine rings is 1. The quantitative estimate of drug-likeness (QED) is 0.610. The first-order valence-electron chi connectivity index (χ1n) is 7.72. The molecule has 0 saturated carbocycles. The highest BCUT2D eigenvalue weighted by Crippen LogP contribution is 2.18. The lowest BCUT2D eigenvalue weighted by atomic mass is 10.1. The molecule has 2 N–H and O–H groups in total. The lowest BCUT2D eigenvalue weighted by Crippen LogP contribution is -2.38. The van der Waals surface area contributed by atoms with Crippen molar-refractivity contribution in [2.75, 3.05) is 19.6 Å². The van der Waals surface area contributed by atoms with Gasteiger partial charge in [-0.1, -0.05) is 13.0 Å². The highest BCUT2D eigenvalue weighted by molar-refractivity contribution is 7.07. The normalized spacial score (nSPS) is 12.9. The average Bonchev–Trinajstić information content (AvgIpc) is 3.08. The van der Waals surface area contributed by atoms with Crippen LogP contribution < -0.4 is 10.6 Å². The van der Waals surface area contributed by atoms with Gasteiger partial charge in [0.15, 0.2) is 5.96 Å². The van der Waals surface area contributed by atoms with Crippen LogP contribution in [0.2, 0.25) is 0 Å². The fourth-order valence-corrected chi connectivity index (χ4v) is 2.88. The van der Waals surface area contributed by atoms with Gasteiger partial charge in [0.25, 0.3) is 0 Å². The van der Waals surface area contributed by atoms with E-state index in [1.165, 1.54) is 11.1 Å². The number of hydrogen-bond donors (Lipinski definition) is 2. The van der Waals surface area contributed by atoms with E-state index < -0.39 is 0 Å². The van der Waals surface area contributed by atoms with E-state index in [0.717, 1.165) is 32.0 Å². The zero-order chi connectivity index (χ0) is 15.6. The van der Waals surface area contributed by atoms with Crippen molar-refractivity contribution in [3.8, 4) is 0 Å². The van der Waals surface area contributed by atoms with Crippen LogP contribution in [-0.4, -0.2) is 30.6 Å². The second-order valence-electron chi connectivity index (χ2n) is 5.22. The van der Waals surface area contributed by atoms with Crippen LogP contribution >= 0.6 is 11.3 Å². The zero-order valence-corrected chi connectivity index (χ0v) is 14.1. The van der Waals surface area contributed by atoms with Crippen molar-refractivity contribution >= 4 is 17.3 Å². The molecular formula is C17H24N4S. The molecule has 1 unspecified atom stereocenters. The van der Waals surface area contributed by atoms with Crippen LogP contribution in [0.15, 0.2) is 46.3 Å². The van der Waals surface area contributed by atoms with E-state index in [0.29, 0.717) is 5.92 Å². The van der Waals surface area contributed by atoms with Crippen LogP contribution in [0, 0.1) is 0 Å². The number of aromatic nitrogens is 1. The van der Waals surface area contributed by atoms with Crippen molar-refractivity contribution in [3.63, 3.8) is 0 Å². The standard InChI is InChI=1S/C17H24N4S/c1-3-19-17(20-9-6-15-5-4-8-18-12-15)21-11-14(2)16-7-10-22-13-16/h4-5,7-8,10,12-14H,3,6,9,11H2,1-2H3,(H2,19,20,21).